The topological polar surface area (TPSA) is 46.2 Å². The summed E-state index contributed by atoms with van der Waals surface area (Å²) in [6, 6.07) is 0. The molecule has 0 bridgehead atoms. The highest BCUT2D eigenvalue weighted by molar-refractivity contribution is 6.03. The Kier molecular flexibility index (Phi) is 1.62. The van der Waals surface area contributed by atoms with Gasteiger partial charge in [0.2, 0.25) is 11.8 Å². The number of hydrogen-bond donors (Lipinski definition) is 1. The zero-order valence-corrected chi connectivity index (χ0v) is 5.23. The van der Waals surface area contributed by atoms with Gasteiger partial charge in [-0.3, -0.25) is 14.9 Å². The number of alkyl halides is 3. The third-order valence-corrected chi connectivity index (χ3v) is 1.36. The van der Waals surface area contributed by atoms with Crippen LogP contribution in [0.4, 0.5) is 13.2 Å². The number of carbonyl (C=O) groups excluding carboxylic acids is 2. The van der Waals surface area contributed by atoms with E-state index in [0.717, 1.165) is 0 Å². The van der Waals surface area contributed by atoms with E-state index in [2.05, 4.69) is 0 Å². The Bertz CT molecular complexity index is 210. The van der Waals surface area contributed by atoms with E-state index in [1.165, 1.54) is 0 Å². The van der Waals surface area contributed by atoms with E-state index >= 15 is 0 Å². The van der Waals surface area contributed by atoms with Crippen molar-refractivity contribution in [3.8, 4) is 0 Å². The van der Waals surface area contributed by atoms with Gasteiger partial charge < -0.3 is 0 Å². The van der Waals surface area contributed by atoms with Crippen molar-refractivity contribution in [2.45, 2.75) is 12.6 Å². The van der Waals surface area contributed by atoms with E-state index in [1.807, 2.05) is 0 Å². The maximum absolute atomic E-state index is 11.8. The maximum Gasteiger partial charge on any atom is 0.401 e. The van der Waals surface area contributed by atoms with E-state index in [0.29, 0.717) is 0 Å². The lowest BCUT2D eigenvalue weighted by atomic mass is 10.1. The van der Waals surface area contributed by atoms with E-state index in [9.17, 15) is 22.8 Å². The van der Waals surface area contributed by atoms with E-state index in [1.54, 1.807) is 5.32 Å². The van der Waals surface area contributed by atoms with Crippen LogP contribution in [0.2, 0.25) is 0 Å². The minimum Gasteiger partial charge on any atom is -0.296 e. The number of carbonyl (C=O) groups is 2. The second kappa shape index (κ2) is 2.21. The van der Waals surface area contributed by atoms with Crippen LogP contribution in [0.15, 0.2) is 0 Å². The van der Waals surface area contributed by atoms with Gasteiger partial charge in [-0.25, -0.2) is 0 Å². The van der Waals surface area contributed by atoms with Crippen LogP contribution in [-0.4, -0.2) is 18.0 Å². The summed E-state index contributed by atoms with van der Waals surface area (Å²) < 4.78 is 35.3. The Morgan fingerprint density at radius 3 is 2.09 bits per heavy atom. The first-order valence-electron chi connectivity index (χ1n) is 2.81. The molecule has 2 amide bonds. The molecule has 6 heteroatoms. The van der Waals surface area contributed by atoms with Gasteiger partial charge in [0.05, 0.1) is 0 Å². The zero-order chi connectivity index (χ0) is 8.65. The van der Waals surface area contributed by atoms with Crippen molar-refractivity contribution in [2.75, 3.05) is 0 Å². The number of amides is 2. The van der Waals surface area contributed by atoms with E-state index < -0.39 is 30.3 Å². The summed E-state index contributed by atoms with van der Waals surface area (Å²) in [6.07, 6.45) is -5.38. The number of hydrogen-bond acceptors (Lipinski definition) is 2. The molecule has 1 atom stereocenters. The molecule has 0 aliphatic carbocycles. The third-order valence-electron chi connectivity index (χ3n) is 1.36. The highest BCUT2D eigenvalue weighted by Gasteiger charge is 2.49. The summed E-state index contributed by atoms with van der Waals surface area (Å²) >= 11 is 0. The maximum atomic E-state index is 11.8. The largest absolute Gasteiger partial charge is 0.401 e. The first-order chi connectivity index (χ1) is 4.91. The third kappa shape index (κ3) is 1.50. The average molecular weight is 167 g/mol. The normalized spacial score (nSPS) is 25.5. The summed E-state index contributed by atoms with van der Waals surface area (Å²) in [5.41, 5.74) is 0. The summed E-state index contributed by atoms with van der Waals surface area (Å²) in [4.78, 5) is 20.7. The second-order valence-corrected chi connectivity index (χ2v) is 2.21. The van der Waals surface area contributed by atoms with Gasteiger partial charge in [-0.2, -0.15) is 13.2 Å². The molecule has 11 heavy (non-hydrogen) atoms. The van der Waals surface area contributed by atoms with Crippen LogP contribution < -0.4 is 5.32 Å². The van der Waals surface area contributed by atoms with Gasteiger partial charge in [-0.1, -0.05) is 0 Å². The van der Waals surface area contributed by atoms with Gasteiger partial charge in [0.25, 0.3) is 0 Å². The van der Waals surface area contributed by atoms with E-state index in [4.69, 9.17) is 0 Å². The molecule has 0 spiro atoms. The standard InChI is InChI=1S/C5H4F3NO2/c6-5(7,8)2-1-3(10)9-4(2)11/h2H,1H2,(H,9,10,11). The van der Waals surface area contributed by atoms with Gasteiger partial charge in [-0.15, -0.1) is 0 Å². The van der Waals surface area contributed by atoms with Gasteiger partial charge in [0.15, 0.2) is 0 Å². The summed E-state index contributed by atoms with van der Waals surface area (Å²) in [5, 5.41) is 1.58. The number of nitrogens with one attached hydrogen (secondary N) is 1. The monoisotopic (exact) mass is 167 g/mol. The highest BCUT2D eigenvalue weighted by Crippen LogP contribution is 2.31. The van der Waals surface area contributed by atoms with Crippen molar-refractivity contribution in [3.05, 3.63) is 0 Å². The van der Waals surface area contributed by atoms with Gasteiger partial charge in [0.1, 0.15) is 5.92 Å². The molecule has 1 aliphatic heterocycles. The Hall–Kier alpha value is -1.07. The van der Waals surface area contributed by atoms with Gasteiger partial charge in [0, 0.05) is 6.42 Å². The van der Waals surface area contributed by atoms with Gasteiger partial charge in [-0.05, 0) is 0 Å². The minimum absolute atomic E-state index is 0.775. The van der Waals surface area contributed by atoms with Crippen molar-refractivity contribution in [3.63, 3.8) is 0 Å². The molecular formula is C5H4F3NO2. The number of rotatable bonds is 0. The van der Waals surface area contributed by atoms with Crippen molar-refractivity contribution >= 4 is 11.8 Å². The lowest BCUT2D eigenvalue weighted by Gasteiger charge is -2.09. The average Bonchev–Trinajstić information content (AvgIpc) is 2.08. The Labute approximate surface area is 59.6 Å². The predicted molar refractivity (Wildman–Crippen MR) is 27.3 cm³/mol. The minimum atomic E-state index is -4.60. The molecule has 1 fully saturated rings. The molecule has 1 unspecified atom stereocenters. The predicted octanol–water partition coefficient (Wildman–Crippen LogP) is 0.211. The second-order valence-electron chi connectivity index (χ2n) is 2.21. The van der Waals surface area contributed by atoms with Crippen LogP contribution in [0.25, 0.3) is 0 Å². The lowest BCUT2D eigenvalue weighted by molar-refractivity contribution is -0.178. The molecule has 0 saturated carbocycles. The number of imide groups is 1. The molecule has 0 aromatic heterocycles. The number of halogens is 3. The van der Waals surface area contributed by atoms with E-state index in [-0.39, 0.29) is 0 Å². The van der Waals surface area contributed by atoms with Crippen molar-refractivity contribution in [1.82, 2.24) is 5.32 Å². The molecule has 0 radical (unpaired) electrons. The molecule has 1 rings (SSSR count). The van der Waals surface area contributed by atoms with Gasteiger partial charge >= 0.3 is 6.18 Å². The van der Waals surface area contributed by atoms with Crippen LogP contribution in [0, 0.1) is 5.92 Å². The van der Waals surface area contributed by atoms with Crippen LogP contribution in [-0.2, 0) is 9.59 Å². The fraction of sp³-hybridized carbons (Fsp3) is 0.600. The van der Waals surface area contributed by atoms with Crippen LogP contribution in [0.3, 0.4) is 0 Å². The van der Waals surface area contributed by atoms with Crippen LogP contribution in [0.1, 0.15) is 6.42 Å². The molecule has 0 aromatic rings. The van der Waals surface area contributed by atoms with Crippen molar-refractivity contribution in [1.29, 1.82) is 0 Å². The van der Waals surface area contributed by atoms with Crippen molar-refractivity contribution in [2.24, 2.45) is 5.92 Å². The molecule has 1 N–H and O–H groups in total. The molecule has 1 saturated heterocycles. The molecular weight excluding hydrogens is 163 g/mol. The highest BCUT2D eigenvalue weighted by atomic mass is 19.4. The first kappa shape index (κ1) is 8.03. The lowest BCUT2D eigenvalue weighted by Crippen LogP contribution is -2.30. The van der Waals surface area contributed by atoms with Crippen molar-refractivity contribution < 1.29 is 22.8 Å². The molecule has 62 valence electrons. The Balaban J connectivity index is 2.76. The molecule has 1 heterocycles. The quantitative estimate of drug-likeness (QED) is 0.524. The molecule has 3 nitrogen and oxygen atoms in total. The van der Waals surface area contributed by atoms with Crippen LogP contribution in [0.5, 0.6) is 0 Å². The smallest absolute Gasteiger partial charge is 0.296 e. The Morgan fingerprint density at radius 2 is 1.91 bits per heavy atom. The summed E-state index contributed by atoms with van der Waals surface area (Å²) in [6.45, 7) is 0. The summed E-state index contributed by atoms with van der Waals surface area (Å²) in [7, 11) is 0. The summed E-state index contributed by atoms with van der Waals surface area (Å²) in [5.74, 6) is -4.25. The zero-order valence-electron chi connectivity index (χ0n) is 5.23. The van der Waals surface area contributed by atoms with Crippen LogP contribution >= 0.6 is 0 Å². The fourth-order valence-electron chi connectivity index (χ4n) is 0.818. The Morgan fingerprint density at radius 1 is 1.36 bits per heavy atom. The molecule has 1 aliphatic rings. The molecule has 0 aromatic carbocycles. The first-order valence-corrected chi connectivity index (χ1v) is 2.81. The fourth-order valence-corrected chi connectivity index (χ4v) is 0.818. The SMILES string of the molecule is O=C1CC(C(F)(F)F)C(=O)N1.